The average molecular weight is 330 g/mol. The van der Waals surface area contributed by atoms with Gasteiger partial charge in [-0.3, -0.25) is 4.79 Å². The van der Waals surface area contributed by atoms with E-state index in [4.69, 9.17) is 15.2 Å². The summed E-state index contributed by atoms with van der Waals surface area (Å²) >= 11 is 0. The molecular formula is C15H17F3N2O3. The molecule has 0 saturated carbocycles. The highest BCUT2D eigenvalue weighted by Gasteiger charge is 2.48. The molecular weight excluding hydrogens is 313 g/mol. The van der Waals surface area contributed by atoms with E-state index in [2.05, 4.69) is 0 Å². The van der Waals surface area contributed by atoms with Crippen molar-refractivity contribution in [2.45, 2.75) is 31.1 Å². The molecule has 1 aromatic carbocycles. The van der Waals surface area contributed by atoms with Crippen LogP contribution in [0.1, 0.15) is 23.2 Å². The van der Waals surface area contributed by atoms with Crippen LogP contribution in [-0.4, -0.2) is 48.8 Å². The van der Waals surface area contributed by atoms with Crippen molar-refractivity contribution in [1.29, 1.82) is 0 Å². The number of fused-ring (bicyclic) bond motifs is 1. The molecule has 2 heterocycles. The lowest BCUT2D eigenvalue weighted by atomic mass is 9.97. The molecule has 5 nitrogen and oxygen atoms in total. The maximum absolute atomic E-state index is 13.2. The van der Waals surface area contributed by atoms with Gasteiger partial charge in [-0.15, -0.1) is 0 Å². The van der Waals surface area contributed by atoms with Crippen LogP contribution in [0.3, 0.4) is 0 Å². The molecule has 0 radical (unpaired) electrons. The van der Waals surface area contributed by atoms with Gasteiger partial charge in [0.05, 0.1) is 5.56 Å². The molecule has 2 N–H and O–H groups in total. The summed E-state index contributed by atoms with van der Waals surface area (Å²) in [6.07, 6.45) is -4.44. The van der Waals surface area contributed by atoms with Gasteiger partial charge in [-0.25, -0.2) is 0 Å². The normalized spacial score (nSPS) is 24.4. The number of hydrogen-bond donors (Lipinski definition) is 1. The molecule has 0 spiro atoms. The molecule has 8 heteroatoms. The molecule has 1 saturated heterocycles. The highest BCUT2D eigenvalue weighted by Crippen LogP contribution is 2.37. The van der Waals surface area contributed by atoms with Gasteiger partial charge in [0.2, 0.25) is 0 Å². The molecule has 2 aliphatic heterocycles. The third kappa shape index (κ3) is 3.08. The van der Waals surface area contributed by atoms with E-state index in [1.807, 2.05) is 0 Å². The van der Waals surface area contributed by atoms with Gasteiger partial charge < -0.3 is 20.1 Å². The van der Waals surface area contributed by atoms with E-state index in [0.717, 1.165) is 4.90 Å². The van der Waals surface area contributed by atoms with E-state index in [-0.39, 0.29) is 37.3 Å². The third-order valence-corrected chi connectivity index (χ3v) is 4.05. The van der Waals surface area contributed by atoms with Crippen molar-refractivity contribution in [3.63, 3.8) is 0 Å². The second kappa shape index (κ2) is 5.92. The number of ether oxygens (including phenoxy) is 2. The predicted molar refractivity (Wildman–Crippen MR) is 75.5 cm³/mol. The van der Waals surface area contributed by atoms with E-state index in [0.29, 0.717) is 12.4 Å². The Morgan fingerprint density at radius 1 is 1.22 bits per heavy atom. The summed E-state index contributed by atoms with van der Waals surface area (Å²) in [4.78, 5) is 13.5. The number of para-hydroxylation sites is 1. The summed E-state index contributed by atoms with van der Waals surface area (Å²) in [5, 5.41) is 0. The number of piperidine rings is 1. The largest absolute Gasteiger partial charge is 0.486 e. The van der Waals surface area contributed by atoms with Gasteiger partial charge >= 0.3 is 6.18 Å². The van der Waals surface area contributed by atoms with Crippen LogP contribution in [0, 0.1) is 0 Å². The van der Waals surface area contributed by atoms with E-state index < -0.39 is 24.2 Å². The average Bonchev–Trinajstić information content (AvgIpc) is 2.52. The Morgan fingerprint density at radius 2 is 1.96 bits per heavy atom. The van der Waals surface area contributed by atoms with Crippen molar-refractivity contribution in [2.75, 3.05) is 19.8 Å². The fourth-order valence-corrected chi connectivity index (χ4v) is 2.96. The monoisotopic (exact) mass is 330 g/mol. The zero-order valence-corrected chi connectivity index (χ0v) is 12.3. The first-order valence-corrected chi connectivity index (χ1v) is 7.40. The van der Waals surface area contributed by atoms with E-state index >= 15 is 0 Å². The summed E-state index contributed by atoms with van der Waals surface area (Å²) in [5.41, 5.74) is 5.84. The number of nitrogens with two attached hydrogens (primary N) is 1. The number of carbonyl (C=O) groups excluding carboxylic acids is 1. The van der Waals surface area contributed by atoms with Crippen LogP contribution in [0.15, 0.2) is 18.2 Å². The maximum atomic E-state index is 13.2. The first-order chi connectivity index (χ1) is 10.9. The summed E-state index contributed by atoms with van der Waals surface area (Å²) in [5.74, 6) is -0.166. The van der Waals surface area contributed by atoms with Crippen molar-refractivity contribution in [3.05, 3.63) is 23.8 Å². The smallest absolute Gasteiger partial charge is 0.408 e. The fourth-order valence-electron chi connectivity index (χ4n) is 2.96. The molecule has 0 aromatic heterocycles. The Bertz CT molecular complexity index is 606. The number of nitrogens with zero attached hydrogens (tertiary/aromatic N) is 1. The van der Waals surface area contributed by atoms with Crippen molar-refractivity contribution in [3.8, 4) is 11.5 Å². The Morgan fingerprint density at radius 3 is 2.70 bits per heavy atom. The summed E-state index contributed by atoms with van der Waals surface area (Å²) in [7, 11) is 0. The predicted octanol–water partition coefficient (Wildman–Crippen LogP) is 1.95. The molecule has 2 unspecified atom stereocenters. The van der Waals surface area contributed by atoms with Crippen LogP contribution in [0.5, 0.6) is 11.5 Å². The maximum Gasteiger partial charge on any atom is 0.408 e. The van der Waals surface area contributed by atoms with E-state index in [1.54, 1.807) is 12.1 Å². The minimum absolute atomic E-state index is 0.0746. The van der Waals surface area contributed by atoms with Gasteiger partial charge in [0.1, 0.15) is 19.3 Å². The van der Waals surface area contributed by atoms with Crippen LogP contribution in [0.2, 0.25) is 0 Å². The Hall–Kier alpha value is -1.96. The lowest BCUT2D eigenvalue weighted by Gasteiger charge is -2.39. The van der Waals surface area contributed by atoms with Crippen LogP contribution in [-0.2, 0) is 0 Å². The van der Waals surface area contributed by atoms with Crippen LogP contribution in [0.4, 0.5) is 13.2 Å². The Kier molecular flexibility index (Phi) is 4.09. The van der Waals surface area contributed by atoms with Crippen molar-refractivity contribution < 1.29 is 27.4 Å². The van der Waals surface area contributed by atoms with Gasteiger partial charge in [-0.05, 0) is 25.0 Å². The van der Waals surface area contributed by atoms with Crippen molar-refractivity contribution in [1.82, 2.24) is 4.90 Å². The highest BCUT2D eigenvalue weighted by molar-refractivity contribution is 5.98. The molecule has 0 aliphatic carbocycles. The first kappa shape index (κ1) is 15.9. The zero-order chi connectivity index (χ0) is 16.6. The minimum atomic E-state index is -4.48. The van der Waals surface area contributed by atoms with Crippen LogP contribution < -0.4 is 15.2 Å². The number of likely N-dealkylation sites (tertiary alicyclic amines) is 1. The Balaban J connectivity index is 1.94. The summed E-state index contributed by atoms with van der Waals surface area (Å²) < 4.78 is 50.5. The number of benzene rings is 1. The molecule has 1 amide bonds. The van der Waals surface area contributed by atoms with Crippen molar-refractivity contribution in [2.24, 2.45) is 5.73 Å². The molecule has 23 heavy (non-hydrogen) atoms. The number of carbonyl (C=O) groups is 1. The summed E-state index contributed by atoms with van der Waals surface area (Å²) in [6.45, 7) is 0.456. The fraction of sp³-hybridized carbons (Fsp3) is 0.533. The van der Waals surface area contributed by atoms with Crippen LogP contribution >= 0.6 is 0 Å². The standard InChI is InChI=1S/C15H17F3N2O3/c16-15(17,18)12-5-4-9(19)8-20(12)14(21)10-2-1-3-11-13(10)23-7-6-22-11/h1-3,9,12H,4-8,19H2. The molecule has 0 bridgehead atoms. The lowest BCUT2D eigenvalue weighted by Crippen LogP contribution is -2.56. The van der Waals surface area contributed by atoms with Gasteiger partial charge in [0, 0.05) is 12.6 Å². The summed E-state index contributed by atoms with van der Waals surface area (Å²) in [6, 6.07) is 2.34. The number of rotatable bonds is 1. The molecule has 3 rings (SSSR count). The molecule has 1 aromatic rings. The zero-order valence-electron chi connectivity index (χ0n) is 12.3. The minimum Gasteiger partial charge on any atom is -0.486 e. The first-order valence-electron chi connectivity index (χ1n) is 7.40. The van der Waals surface area contributed by atoms with Gasteiger partial charge in [-0.1, -0.05) is 6.07 Å². The molecule has 126 valence electrons. The SMILES string of the molecule is NC1CCC(C(F)(F)F)N(C(=O)c2cccc3c2OCCO3)C1. The second-order valence-corrected chi connectivity index (χ2v) is 5.68. The highest BCUT2D eigenvalue weighted by atomic mass is 19.4. The number of alkyl halides is 3. The quantitative estimate of drug-likeness (QED) is 0.855. The van der Waals surface area contributed by atoms with Gasteiger partial charge in [0.15, 0.2) is 11.5 Å². The van der Waals surface area contributed by atoms with Crippen LogP contribution in [0.25, 0.3) is 0 Å². The molecule has 1 fully saturated rings. The second-order valence-electron chi connectivity index (χ2n) is 5.68. The number of hydrogen-bond acceptors (Lipinski definition) is 4. The van der Waals surface area contributed by atoms with Crippen molar-refractivity contribution >= 4 is 5.91 Å². The van der Waals surface area contributed by atoms with Gasteiger partial charge in [0.25, 0.3) is 5.91 Å². The van der Waals surface area contributed by atoms with E-state index in [1.165, 1.54) is 6.07 Å². The number of halogens is 3. The van der Waals surface area contributed by atoms with Gasteiger partial charge in [-0.2, -0.15) is 13.2 Å². The molecule has 2 aliphatic rings. The number of amides is 1. The molecule has 2 atom stereocenters. The lowest BCUT2D eigenvalue weighted by molar-refractivity contribution is -0.184. The van der Waals surface area contributed by atoms with E-state index in [9.17, 15) is 18.0 Å². The topological polar surface area (TPSA) is 64.8 Å². The third-order valence-electron chi connectivity index (χ3n) is 4.05. The Labute approximate surface area is 131 Å².